The second-order valence-corrected chi connectivity index (χ2v) is 8.75. The first kappa shape index (κ1) is 24.9. The zero-order valence-electron chi connectivity index (χ0n) is 20.4. The van der Waals surface area contributed by atoms with Crippen molar-refractivity contribution in [3.63, 3.8) is 0 Å². The minimum atomic E-state index is -0.485. The number of primary amides is 1. The molecule has 176 valence electrons. The molecule has 0 aliphatic heterocycles. The molecule has 0 spiro atoms. The van der Waals surface area contributed by atoms with Gasteiger partial charge in [0.1, 0.15) is 0 Å². The van der Waals surface area contributed by atoms with Gasteiger partial charge in [-0.1, -0.05) is 75.0 Å². The molecule has 34 heavy (non-hydrogen) atoms. The van der Waals surface area contributed by atoms with Gasteiger partial charge >= 0.3 is 0 Å². The fourth-order valence-corrected chi connectivity index (χ4v) is 4.35. The Hall–Kier alpha value is -3.73. The lowest BCUT2D eigenvalue weighted by Gasteiger charge is -2.18. The fraction of sp³-hybridized carbons (Fsp3) is 0.276. The number of allylic oxidation sites excluding steroid dienone is 4. The minimum absolute atomic E-state index is 0.0273. The highest BCUT2D eigenvalue weighted by Gasteiger charge is 2.32. The molecule has 5 heteroatoms. The molecule has 0 bridgehead atoms. The van der Waals surface area contributed by atoms with E-state index in [0.717, 1.165) is 44.8 Å². The summed E-state index contributed by atoms with van der Waals surface area (Å²) < 4.78 is 0. The van der Waals surface area contributed by atoms with Gasteiger partial charge in [-0.05, 0) is 53.7 Å². The van der Waals surface area contributed by atoms with Crippen LogP contribution in [-0.2, 0) is 9.59 Å². The lowest BCUT2D eigenvalue weighted by Crippen LogP contribution is -2.29. The molecular formula is C29H33N3O2. The average Bonchev–Trinajstić information content (AvgIpc) is 3.12. The fourth-order valence-electron chi connectivity index (χ4n) is 4.35. The summed E-state index contributed by atoms with van der Waals surface area (Å²) in [6.45, 7) is 12.3. The quantitative estimate of drug-likeness (QED) is 0.380. The van der Waals surface area contributed by atoms with Gasteiger partial charge in [-0.15, -0.1) is 0 Å². The zero-order chi connectivity index (χ0) is 24.8. The van der Waals surface area contributed by atoms with Gasteiger partial charge in [-0.25, -0.2) is 0 Å². The Morgan fingerprint density at radius 1 is 1.12 bits per heavy atom. The Bertz CT molecular complexity index is 1200. The number of nitrogens with one attached hydrogen (secondary N) is 1. The summed E-state index contributed by atoms with van der Waals surface area (Å²) in [5.41, 5.74) is 13.3. The van der Waals surface area contributed by atoms with Crippen molar-refractivity contribution in [2.45, 2.75) is 46.6 Å². The molecule has 2 aromatic rings. The van der Waals surface area contributed by atoms with Crippen LogP contribution in [0.4, 0.5) is 0 Å². The third kappa shape index (κ3) is 5.25. The minimum Gasteiger partial charge on any atom is -0.370 e. The van der Waals surface area contributed by atoms with Crippen molar-refractivity contribution in [1.29, 1.82) is 0 Å². The van der Waals surface area contributed by atoms with Gasteiger partial charge in [0, 0.05) is 18.4 Å². The maximum absolute atomic E-state index is 12.6. The van der Waals surface area contributed by atoms with E-state index in [0.29, 0.717) is 0 Å². The summed E-state index contributed by atoms with van der Waals surface area (Å²) in [6, 6.07) is 14.0. The number of benzene rings is 2. The van der Waals surface area contributed by atoms with Crippen molar-refractivity contribution in [3.8, 4) is 11.1 Å². The van der Waals surface area contributed by atoms with Crippen molar-refractivity contribution in [2.75, 3.05) is 0 Å². The second-order valence-electron chi connectivity index (χ2n) is 8.75. The first-order valence-corrected chi connectivity index (χ1v) is 11.6. The van der Waals surface area contributed by atoms with Crippen molar-refractivity contribution >= 4 is 17.5 Å². The summed E-state index contributed by atoms with van der Waals surface area (Å²) in [5, 5.41) is 3.11. The highest BCUT2D eigenvalue weighted by molar-refractivity contribution is 6.09. The van der Waals surface area contributed by atoms with E-state index >= 15 is 0 Å². The van der Waals surface area contributed by atoms with E-state index in [1.165, 1.54) is 0 Å². The third-order valence-corrected chi connectivity index (χ3v) is 5.93. The smallest absolute Gasteiger partial charge is 0.221 e. The summed E-state index contributed by atoms with van der Waals surface area (Å²) in [7, 11) is 0. The molecule has 0 fully saturated rings. The number of nitrogens with two attached hydrogens (primary N) is 1. The van der Waals surface area contributed by atoms with E-state index in [1.54, 1.807) is 6.08 Å². The number of rotatable bonds is 9. The normalized spacial score (nSPS) is 15.7. The molecule has 3 N–H and O–H groups in total. The first-order chi connectivity index (χ1) is 16.3. The van der Waals surface area contributed by atoms with Gasteiger partial charge in [0.15, 0.2) is 0 Å². The van der Waals surface area contributed by atoms with Crippen LogP contribution in [0.25, 0.3) is 11.1 Å². The Balaban J connectivity index is 2.16. The lowest BCUT2D eigenvalue weighted by atomic mass is 9.91. The molecule has 0 saturated heterocycles. The molecule has 0 heterocycles. The van der Waals surface area contributed by atoms with E-state index in [2.05, 4.69) is 37.9 Å². The molecule has 1 atom stereocenters. The van der Waals surface area contributed by atoms with Gasteiger partial charge in [0.2, 0.25) is 11.8 Å². The number of hydrogen-bond acceptors (Lipinski definition) is 3. The SMILES string of the molecule is C=CC(/N=C(/c1cccc2c1-c1ccccc1C2NC(=O)CCC(N)=O)C(C)C)=C(C)\C=C/C. The third-order valence-electron chi connectivity index (χ3n) is 5.93. The van der Waals surface area contributed by atoms with Crippen LogP contribution < -0.4 is 11.1 Å². The van der Waals surface area contributed by atoms with Crippen LogP contribution in [0.3, 0.4) is 0 Å². The number of nitrogens with zero attached hydrogens (tertiary/aromatic N) is 1. The first-order valence-electron chi connectivity index (χ1n) is 11.6. The monoisotopic (exact) mass is 455 g/mol. The molecular weight excluding hydrogens is 422 g/mol. The van der Waals surface area contributed by atoms with Crippen LogP contribution >= 0.6 is 0 Å². The Morgan fingerprint density at radius 2 is 1.82 bits per heavy atom. The topological polar surface area (TPSA) is 84.6 Å². The van der Waals surface area contributed by atoms with Crippen LogP contribution in [0.2, 0.25) is 0 Å². The molecule has 0 saturated carbocycles. The highest BCUT2D eigenvalue weighted by Crippen LogP contribution is 2.45. The zero-order valence-corrected chi connectivity index (χ0v) is 20.4. The molecule has 2 amide bonds. The van der Waals surface area contributed by atoms with Crippen LogP contribution in [0, 0.1) is 5.92 Å². The molecule has 1 aliphatic rings. The predicted octanol–water partition coefficient (Wildman–Crippen LogP) is 5.62. The molecule has 3 rings (SSSR count). The molecule has 0 radical (unpaired) electrons. The van der Waals surface area contributed by atoms with Gasteiger partial charge < -0.3 is 11.1 Å². The van der Waals surface area contributed by atoms with E-state index in [4.69, 9.17) is 10.7 Å². The van der Waals surface area contributed by atoms with Crippen molar-refractivity contribution < 1.29 is 9.59 Å². The van der Waals surface area contributed by atoms with Crippen LogP contribution in [0.15, 0.2) is 83.5 Å². The van der Waals surface area contributed by atoms with E-state index in [1.807, 2.05) is 56.3 Å². The van der Waals surface area contributed by atoms with Crippen molar-refractivity contribution in [2.24, 2.45) is 16.6 Å². The maximum atomic E-state index is 12.6. The van der Waals surface area contributed by atoms with E-state index in [9.17, 15) is 9.59 Å². The van der Waals surface area contributed by atoms with Crippen molar-refractivity contribution in [3.05, 3.63) is 95.2 Å². The summed E-state index contributed by atoms with van der Waals surface area (Å²) in [4.78, 5) is 28.8. The maximum Gasteiger partial charge on any atom is 0.221 e. The summed E-state index contributed by atoms with van der Waals surface area (Å²) in [5.74, 6) is -0.522. The van der Waals surface area contributed by atoms with Gasteiger partial charge in [-0.3, -0.25) is 14.6 Å². The highest BCUT2D eigenvalue weighted by atomic mass is 16.2. The molecule has 0 aromatic heterocycles. The van der Waals surface area contributed by atoms with E-state index in [-0.39, 0.29) is 30.7 Å². The second kappa shape index (κ2) is 10.9. The van der Waals surface area contributed by atoms with E-state index < -0.39 is 5.91 Å². The summed E-state index contributed by atoms with van der Waals surface area (Å²) >= 11 is 0. The van der Waals surface area contributed by atoms with Gasteiger partial charge in [0.25, 0.3) is 0 Å². The Morgan fingerprint density at radius 3 is 2.47 bits per heavy atom. The van der Waals surface area contributed by atoms with Gasteiger partial charge in [0.05, 0.1) is 17.5 Å². The molecule has 1 aliphatic carbocycles. The van der Waals surface area contributed by atoms with Crippen molar-refractivity contribution in [1.82, 2.24) is 5.32 Å². The number of carbonyl (C=O) groups excluding carboxylic acids is 2. The number of aliphatic imine (C=N–C) groups is 1. The molecule has 2 aromatic carbocycles. The average molecular weight is 456 g/mol. The predicted molar refractivity (Wildman–Crippen MR) is 139 cm³/mol. The number of carbonyl (C=O) groups is 2. The van der Waals surface area contributed by atoms with Crippen LogP contribution in [-0.4, -0.2) is 17.5 Å². The molecule has 5 nitrogen and oxygen atoms in total. The Labute approximate surface area is 202 Å². The lowest BCUT2D eigenvalue weighted by molar-refractivity contribution is -0.125. The number of hydrogen-bond donors (Lipinski definition) is 2. The molecule has 1 unspecified atom stereocenters. The number of amides is 2. The summed E-state index contributed by atoms with van der Waals surface area (Å²) in [6.07, 6.45) is 5.90. The number of fused-ring (bicyclic) bond motifs is 3. The van der Waals surface area contributed by atoms with Crippen LogP contribution in [0.5, 0.6) is 0 Å². The standard InChI is InChI=1S/C29H33N3O2/c1-6-11-19(5)24(7-2)31-28(18(3)4)22-14-10-15-23-27(22)20-12-8-9-13-21(20)29(23)32-26(34)17-16-25(30)33/h6-15,18,29H,2,16-17H2,1,3-5H3,(H2,30,33)(H,32,34)/b11-6-,24-19+,31-28+. The largest absolute Gasteiger partial charge is 0.370 e. The van der Waals surface area contributed by atoms with Crippen LogP contribution in [0.1, 0.15) is 63.3 Å². The Kier molecular flexibility index (Phi) is 8.00. The van der Waals surface area contributed by atoms with Gasteiger partial charge in [-0.2, -0.15) is 0 Å².